The predicted octanol–water partition coefficient (Wildman–Crippen LogP) is 2.09. The van der Waals surface area contributed by atoms with Crippen LogP contribution in [-0.2, 0) is 0 Å². The highest BCUT2D eigenvalue weighted by Gasteiger charge is 2.04. The molecular formula is C12H21N3O. The molecule has 3 N–H and O–H groups in total. The lowest BCUT2D eigenvalue weighted by atomic mass is 10.2. The molecule has 0 fully saturated rings. The summed E-state index contributed by atoms with van der Waals surface area (Å²) in [6, 6.07) is 5.89. The second kappa shape index (κ2) is 7.06. The van der Waals surface area contributed by atoms with E-state index in [1.165, 1.54) is 0 Å². The van der Waals surface area contributed by atoms with Gasteiger partial charge < -0.3 is 15.7 Å². The van der Waals surface area contributed by atoms with Crippen molar-refractivity contribution in [3.05, 3.63) is 18.2 Å². The van der Waals surface area contributed by atoms with E-state index in [0.29, 0.717) is 0 Å². The van der Waals surface area contributed by atoms with E-state index in [2.05, 4.69) is 22.5 Å². The van der Waals surface area contributed by atoms with Gasteiger partial charge in [0.25, 0.3) is 0 Å². The third-order valence-corrected chi connectivity index (χ3v) is 2.37. The Morgan fingerprint density at radius 1 is 1.31 bits per heavy atom. The molecule has 0 aliphatic rings. The largest absolute Gasteiger partial charge is 0.394 e. The van der Waals surface area contributed by atoms with Crippen molar-refractivity contribution in [1.29, 1.82) is 0 Å². The van der Waals surface area contributed by atoms with E-state index in [4.69, 9.17) is 5.11 Å². The van der Waals surface area contributed by atoms with Crippen molar-refractivity contribution in [1.82, 2.24) is 4.98 Å². The van der Waals surface area contributed by atoms with Gasteiger partial charge in [0, 0.05) is 6.54 Å². The number of hydrogen-bond donors (Lipinski definition) is 3. The number of nitrogens with one attached hydrogen (secondary N) is 2. The molecule has 0 aliphatic carbocycles. The molecule has 0 spiro atoms. The summed E-state index contributed by atoms with van der Waals surface area (Å²) in [6.07, 6.45) is 1.96. The molecule has 1 unspecified atom stereocenters. The standard InChI is InChI=1S/C12H21N3O/c1-3-8-13-11-6-5-7-12(15-11)14-10(4-2)9-16/h5-7,10,16H,3-4,8-9H2,1-2H3,(H2,13,14,15). The second-order valence-electron chi connectivity index (χ2n) is 3.77. The molecule has 16 heavy (non-hydrogen) atoms. The van der Waals surface area contributed by atoms with Crippen LogP contribution >= 0.6 is 0 Å². The lowest BCUT2D eigenvalue weighted by molar-refractivity contribution is 0.271. The predicted molar refractivity (Wildman–Crippen MR) is 67.8 cm³/mol. The van der Waals surface area contributed by atoms with Crippen LogP contribution in [0.3, 0.4) is 0 Å². The number of aliphatic hydroxyl groups excluding tert-OH is 1. The van der Waals surface area contributed by atoms with Crippen LogP contribution < -0.4 is 10.6 Å². The van der Waals surface area contributed by atoms with Gasteiger partial charge in [0.1, 0.15) is 11.6 Å². The molecule has 0 saturated heterocycles. The maximum atomic E-state index is 9.09. The van der Waals surface area contributed by atoms with Crippen LogP contribution in [0.1, 0.15) is 26.7 Å². The average molecular weight is 223 g/mol. The van der Waals surface area contributed by atoms with Crippen molar-refractivity contribution in [2.75, 3.05) is 23.8 Å². The van der Waals surface area contributed by atoms with Crippen molar-refractivity contribution in [3.63, 3.8) is 0 Å². The van der Waals surface area contributed by atoms with Gasteiger partial charge in [0.15, 0.2) is 0 Å². The number of hydrogen-bond acceptors (Lipinski definition) is 4. The highest BCUT2D eigenvalue weighted by molar-refractivity contribution is 5.45. The highest BCUT2D eigenvalue weighted by atomic mass is 16.3. The third kappa shape index (κ3) is 4.06. The van der Waals surface area contributed by atoms with Gasteiger partial charge in [-0.3, -0.25) is 0 Å². The zero-order chi connectivity index (χ0) is 11.8. The molecule has 4 heteroatoms. The van der Waals surface area contributed by atoms with Gasteiger partial charge in [-0.15, -0.1) is 0 Å². The molecule has 1 atom stereocenters. The lowest BCUT2D eigenvalue weighted by Gasteiger charge is -2.15. The summed E-state index contributed by atoms with van der Waals surface area (Å²) in [5, 5.41) is 15.5. The van der Waals surface area contributed by atoms with Crippen LogP contribution in [0.4, 0.5) is 11.6 Å². The first kappa shape index (κ1) is 12.8. The number of nitrogens with zero attached hydrogens (tertiary/aromatic N) is 1. The van der Waals surface area contributed by atoms with Crippen molar-refractivity contribution in [2.24, 2.45) is 0 Å². The van der Waals surface area contributed by atoms with Gasteiger partial charge in [-0.2, -0.15) is 0 Å². The van der Waals surface area contributed by atoms with Crippen LogP contribution in [0.5, 0.6) is 0 Å². The van der Waals surface area contributed by atoms with Crippen molar-refractivity contribution < 1.29 is 5.11 Å². The number of anilines is 2. The molecule has 0 aromatic carbocycles. The van der Waals surface area contributed by atoms with Gasteiger partial charge in [0.2, 0.25) is 0 Å². The zero-order valence-corrected chi connectivity index (χ0v) is 10.0. The molecule has 0 saturated carbocycles. The molecule has 1 aromatic rings. The Balaban J connectivity index is 2.59. The van der Waals surface area contributed by atoms with Crippen LogP contribution in [0.25, 0.3) is 0 Å². The summed E-state index contributed by atoms with van der Waals surface area (Å²) in [7, 11) is 0. The summed E-state index contributed by atoms with van der Waals surface area (Å²) in [4.78, 5) is 4.41. The Hall–Kier alpha value is -1.29. The molecule has 0 bridgehead atoms. The number of rotatable bonds is 7. The van der Waals surface area contributed by atoms with E-state index >= 15 is 0 Å². The molecular weight excluding hydrogens is 202 g/mol. The summed E-state index contributed by atoms with van der Waals surface area (Å²) < 4.78 is 0. The SMILES string of the molecule is CCCNc1cccc(NC(CC)CO)n1. The Labute approximate surface area is 97.1 Å². The average Bonchev–Trinajstić information content (AvgIpc) is 2.34. The first-order valence-electron chi connectivity index (χ1n) is 5.88. The lowest BCUT2D eigenvalue weighted by Crippen LogP contribution is -2.23. The molecule has 0 radical (unpaired) electrons. The Morgan fingerprint density at radius 3 is 2.69 bits per heavy atom. The third-order valence-electron chi connectivity index (χ3n) is 2.37. The number of aliphatic hydroxyl groups is 1. The topological polar surface area (TPSA) is 57.2 Å². The van der Waals surface area contributed by atoms with E-state index < -0.39 is 0 Å². The van der Waals surface area contributed by atoms with E-state index in [0.717, 1.165) is 31.0 Å². The van der Waals surface area contributed by atoms with E-state index in [9.17, 15) is 0 Å². The minimum atomic E-state index is 0.0777. The first-order chi connectivity index (χ1) is 7.80. The Bertz CT molecular complexity index is 300. The van der Waals surface area contributed by atoms with Crippen LogP contribution in [0.15, 0.2) is 18.2 Å². The molecule has 0 amide bonds. The minimum Gasteiger partial charge on any atom is -0.394 e. The fourth-order valence-corrected chi connectivity index (χ4v) is 1.35. The Morgan fingerprint density at radius 2 is 2.06 bits per heavy atom. The molecule has 1 rings (SSSR count). The summed E-state index contributed by atoms with van der Waals surface area (Å²) in [5.74, 6) is 1.68. The molecule has 4 nitrogen and oxygen atoms in total. The highest BCUT2D eigenvalue weighted by Crippen LogP contribution is 2.11. The van der Waals surface area contributed by atoms with Gasteiger partial charge >= 0.3 is 0 Å². The van der Waals surface area contributed by atoms with Crippen molar-refractivity contribution in [2.45, 2.75) is 32.7 Å². The molecule has 0 aliphatic heterocycles. The van der Waals surface area contributed by atoms with Crippen molar-refractivity contribution in [3.8, 4) is 0 Å². The van der Waals surface area contributed by atoms with Crippen molar-refractivity contribution >= 4 is 11.6 Å². The van der Waals surface area contributed by atoms with Gasteiger partial charge in [-0.25, -0.2) is 4.98 Å². The van der Waals surface area contributed by atoms with E-state index in [1.807, 2.05) is 25.1 Å². The molecule has 90 valence electrons. The first-order valence-corrected chi connectivity index (χ1v) is 5.88. The van der Waals surface area contributed by atoms with E-state index in [1.54, 1.807) is 0 Å². The summed E-state index contributed by atoms with van der Waals surface area (Å²) in [6.45, 7) is 5.21. The maximum Gasteiger partial charge on any atom is 0.128 e. The second-order valence-corrected chi connectivity index (χ2v) is 3.77. The summed E-state index contributed by atoms with van der Waals surface area (Å²) >= 11 is 0. The van der Waals surface area contributed by atoms with Gasteiger partial charge in [0.05, 0.1) is 12.6 Å². The molecule has 1 heterocycles. The Kier molecular flexibility index (Phi) is 5.64. The minimum absolute atomic E-state index is 0.0777. The van der Waals surface area contributed by atoms with Gasteiger partial charge in [-0.1, -0.05) is 19.9 Å². The number of aromatic nitrogens is 1. The quantitative estimate of drug-likeness (QED) is 0.662. The normalized spacial score (nSPS) is 12.2. The fourth-order valence-electron chi connectivity index (χ4n) is 1.35. The summed E-state index contributed by atoms with van der Waals surface area (Å²) in [5.41, 5.74) is 0. The zero-order valence-electron chi connectivity index (χ0n) is 10.0. The van der Waals surface area contributed by atoms with E-state index in [-0.39, 0.29) is 12.6 Å². The van der Waals surface area contributed by atoms with Crippen LogP contribution in [0, 0.1) is 0 Å². The fraction of sp³-hybridized carbons (Fsp3) is 0.583. The monoisotopic (exact) mass is 223 g/mol. The maximum absolute atomic E-state index is 9.09. The molecule has 1 aromatic heterocycles. The van der Waals surface area contributed by atoms with Crippen LogP contribution in [0.2, 0.25) is 0 Å². The number of pyridine rings is 1. The van der Waals surface area contributed by atoms with Gasteiger partial charge in [-0.05, 0) is 25.0 Å². The van der Waals surface area contributed by atoms with Crippen LogP contribution in [-0.4, -0.2) is 29.3 Å². The smallest absolute Gasteiger partial charge is 0.128 e.